The molecule has 6 N–H and O–H groups in total. The lowest BCUT2D eigenvalue weighted by atomic mass is 9.93. The lowest BCUT2D eigenvalue weighted by molar-refractivity contribution is -0.175. The number of aliphatic hydroxyl groups excluding tert-OH is 1. The van der Waals surface area contributed by atoms with E-state index in [2.05, 4.69) is 10.6 Å². The maximum Gasteiger partial charge on any atom is 0.405 e. The number of rotatable bonds is 13. The van der Waals surface area contributed by atoms with Gasteiger partial charge in [-0.1, -0.05) is 49.7 Å². The molecule has 0 heterocycles. The van der Waals surface area contributed by atoms with Crippen molar-refractivity contribution in [1.29, 1.82) is 0 Å². The monoisotopic (exact) mass is 658 g/mol. The molecule has 9 nitrogen and oxygen atoms in total. The molecule has 2 aromatic carbocycles. The molecule has 0 aliphatic rings. The highest BCUT2D eigenvalue weighted by Crippen LogP contribution is 2.27. The van der Waals surface area contributed by atoms with E-state index >= 15 is 0 Å². The first-order chi connectivity index (χ1) is 19.5. The first-order valence-electron chi connectivity index (χ1n) is 12.6. The summed E-state index contributed by atoms with van der Waals surface area (Å²) in [6.45, 7) is 0.618. The van der Waals surface area contributed by atoms with Crippen LogP contribution >= 0.6 is 24.0 Å². The first kappa shape index (κ1) is 37.8. The van der Waals surface area contributed by atoms with Crippen molar-refractivity contribution in [2.75, 3.05) is 13.7 Å². The Morgan fingerprint density at radius 2 is 1.60 bits per heavy atom. The molecule has 0 aromatic heterocycles. The first-order valence-corrected chi connectivity index (χ1v) is 13.0. The Balaban J connectivity index is 0.00000924. The van der Waals surface area contributed by atoms with E-state index < -0.39 is 66.5 Å². The fourth-order valence-electron chi connectivity index (χ4n) is 3.87. The van der Waals surface area contributed by atoms with E-state index in [0.717, 1.165) is 5.32 Å². The fourth-order valence-corrected chi connectivity index (χ4v) is 4.09. The van der Waals surface area contributed by atoms with Gasteiger partial charge in [0.2, 0.25) is 11.8 Å². The molecule has 2 aromatic rings. The van der Waals surface area contributed by atoms with E-state index in [-0.39, 0.29) is 24.4 Å². The van der Waals surface area contributed by atoms with Crippen LogP contribution in [0.25, 0.3) is 0 Å². The molecule has 0 aliphatic carbocycles. The fraction of sp³-hybridized carbons (Fsp3) is 0.444. The summed E-state index contributed by atoms with van der Waals surface area (Å²) in [4.78, 5) is 38.3. The zero-order valence-corrected chi connectivity index (χ0v) is 24.8. The number of benzene rings is 2. The van der Waals surface area contributed by atoms with Crippen LogP contribution in [0.4, 0.5) is 22.0 Å². The van der Waals surface area contributed by atoms with Crippen LogP contribution in [0.5, 0.6) is 5.75 Å². The average molecular weight is 659 g/mol. The number of nitrogens with one attached hydrogen (secondary N) is 3. The second-order valence-electron chi connectivity index (χ2n) is 9.80. The van der Waals surface area contributed by atoms with E-state index in [4.69, 9.17) is 22.1 Å². The number of methoxy groups -OCH3 is 1. The van der Waals surface area contributed by atoms with Gasteiger partial charge >= 0.3 is 12.1 Å². The second-order valence-corrected chi connectivity index (χ2v) is 10.2. The van der Waals surface area contributed by atoms with Crippen molar-refractivity contribution in [1.82, 2.24) is 16.0 Å². The number of carbonyl (C=O) groups excluding carboxylic acids is 3. The molecule has 0 radical (unpaired) electrons. The molecule has 0 aliphatic heterocycles. The summed E-state index contributed by atoms with van der Waals surface area (Å²) >= 11 is 5.97. The molecular weight excluding hydrogens is 626 g/mol. The normalized spacial score (nSPS) is 14.5. The number of alkyl halides is 5. The zero-order chi connectivity index (χ0) is 31.8. The van der Waals surface area contributed by atoms with Gasteiger partial charge in [-0.15, -0.1) is 12.4 Å². The van der Waals surface area contributed by atoms with Crippen molar-refractivity contribution < 1.29 is 46.2 Å². The summed E-state index contributed by atoms with van der Waals surface area (Å²) in [5.41, 5.74) is 6.86. The molecule has 0 saturated heterocycles. The Kier molecular flexibility index (Phi) is 14.1. The molecule has 16 heteroatoms. The largest absolute Gasteiger partial charge is 0.497 e. The third-order valence-electron chi connectivity index (χ3n) is 6.17. The second kappa shape index (κ2) is 16.0. The minimum Gasteiger partial charge on any atom is -0.497 e. The van der Waals surface area contributed by atoms with Crippen LogP contribution in [0.2, 0.25) is 5.02 Å². The van der Waals surface area contributed by atoms with Crippen molar-refractivity contribution in [2.45, 2.75) is 56.6 Å². The smallest absolute Gasteiger partial charge is 0.405 e. The number of carbonyl (C=O) groups is 3. The van der Waals surface area contributed by atoms with Gasteiger partial charge in [-0.3, -0.25) is 14.4 Å². The average Bonchev–Trinajstić information content (AvgIpc) is 2.92. The molecule has 43 heavy (non-hydrogen) atoms. The van der Waals surface area contributed by atoms with Crippen LogP contribution in [0.1, 0.15) is 31.0 Å². The van der Waals surface area contributed by atoms with Crippen molar-refractivity contribution in [2.24, 2.45) is 11.7 Å². The van der Waals surface area contributed by atoms with Gasteiger partial charge in [-0.05, 0) is 47.7 Å². The summed E-state index contributed by atoms with van der Waals surface area (Å²) in [5, 5.41) is 16.5. The summed E-state index contributed by atoms with van der Waals surface area (Å²) < 4.78 is 71.8. The quantitative estimate of drug-likeness (QED) is 0.209. The molecule has 240 valence electrons. The summed E-state index contributed by atoms with van der Waals surface area (Å²) in [6.07, 6.45) is -7.86. The number of hydrogen-bond donors (Lipinski definition) is 5. The third-order valence-corrected chi connectivity index (χ3v) is 6.41. The molecule has 0 bridgehead atoms. The Labute approximate surface area is 256 Å². The standard InChI is InChI=1S/C27H32ClF5N4O5.ClH/c1-14(2)20(22(38)27(32,33)25(41)35-13-26(29,30)31)36-24(40)21(16-7-9-18(42-3)10-8-16)37-23(39)19(34)12-15-5-4-6-17(28)11-15;/h4-11,14,19-22,38H,12-13,34H2,1-3H3,(H,35,41)(H,36,40)(H,37,39);1H. The predicted molar refractivity (Wildman–Crippen MR) is 151 cm³/mol. The molecular formula is C27H33Cl2F5N4O5. The van der Waals surface area contributed by atoms with E-state index in [9.17, 15) is 41.4 Å². The number of amides is 3. The molecule has 3 amide bonds. The van der Waals surface area contributed by atoms with Crippen molar-refractivity contribution in [3.8, 4) is 5.75 Å². The summed E-state index contributed by atoms with van der Waals surface area (Å²) in [6, 6.07) is 7.85. The number of halogens is 7. The number of nitrogens with two attached hydrogens (primary N) is 1. The maximum atomic E-state index is 14.7. The summed E-state index contributed by atoms with van der Waals surface area (Å²) in [5.74, 6) is -9.48. The van der Waals surface area contributed by atoms with E-state index in [0.29, 0.717) is 16.3 Å². The Morgan fingerprint density at radius 3 is 2.12 bits per heavy atom. The molecule has 4 unspecified atom stereocenters. The number of ether oxygens (including phenoxy) is 1. The highest BCUT2D eigenvalue weighted by Gasteiger charge is 2.52. The van der Waals surface area contributed by atoms with Crippen LogP contribution in [-0.4, -0.2) is 66.8 Å². The van der Waals surface area contributed by atoms with Gasteiger partial charge in [0.25, 0.3) is 5.91 Å². The minimum absolute atomic E-state index is 0. The van der Waals surface area contributed by atoms with Crippen molar-refractivity contribution in [3.63, 3.8) is 0 Å². The Morgan fingerprint density at radius 1 is 1.00 bits per heavy atom. The van der Waals surface area contributed by atoms with Gasteiger partial charge in [0.05, 0.1) is 19.2 Å². The van der Waals surface area contributed by atoms with E-state index in [1.54, 1.807) is 24.3 Å². The van der Waals surface area contributed by atoms with Crippen LogP contribution < -0.4 is 26.4 Å². The molecule has 2 rings (SSSR count). The molecule has 0 fully saturated rings. The van der Waals surface area contributed by atoms with Gasteiger partial charge in [0.15, 0.2) is 0 Å². The van der Waals surface area contributed by atoms with Crippen LogP contribution in [-0.2, 0) is 20.8 Å². The Hall–Kier alpha value is -3.20. The zero-order valence-electron chi connectivity index (χ0n) is 23.3. The number of hydrogen-bond acceptors (Lipinski definition) is 6. The SMILES string of the molecule is COc1ccc(C(NC(=O)C(N)Cc2cccc(Cl)c2)C(=O)NC(C(C)C)C(O)C(F)(F)C(=O)NCC(F)(F)F)cc1.Cl. The molecule has 0 spiro atoms. The number of aliphatic hydroxyl groups is 1. The minimum atomic E-state index is -4.97. The van der Waals surface area contributed by atoms with Crippen LogP contribution in [0.15, 0.2) is 48.5 Å². The van der Waals surface area contributed by atoms with Crippen LogP contribution in [0.3, 0.4) is 0 Å². The van der Waals surface area contributed by atoms with E-state index in [1.165, 1.54) is 45.2 Å². The van der Waals surface area contributed by atoms with E-state index in [1.807, 2.05) is 0 Å². The predicted octanol–water partition coefficient (Wildman–Crippen LogP) is 3.31. The third kappa shape index (κ3) is 11.1. The van der Waals surface area contributed by atoms with Crippen molar-refractivity contribution >= 4 is 41.7 Å². The maximum absolute atomic E-state index is 14.7. The molecule has 4 atom stereocenters. The van der Waals surface area contributed by atoms with Gasteiger partial charge in [0, 0.05) is 5.02 Å². The van der Waals surface area contributed by atoms with Gasteiger partial charge in [-0.2, -0.15) is 22.0 Å². The lowest BCUT2D eigenvalue weighted by Gasteiger charge is -2.33. The summed E-state index contributed by atoms with van der Waals surface area (Å²) in [7, 11) is 1.40. The topological polar surface area (TPSA) is 143 Å². The Bertz CT molecular complexity index is 1230. The molecule has 0 saturated carbocycles. The van der Waals surface area contributed by atoms with Crippen LogP contribution in [0, 0.1) is 5.92 Å². The van der Waals surface area contributed by atoms with Gasteiger partial charge < -0.3 is 31.5 Å². The van der Waals surface area contributed by atoms with Crippen molar-refractivity contribution in [3.05, 3.63) is 64.7 Å². The highest BCUT2D eigenvalue weighted by atomic mass is 35.5. The van der Waals surface area contributed by atoms with Gasteiger partial charge in [-0.25, -0.2) is 0 Å². The van der Waals surface area contributed by atoms with Gasteiger partial charge in [0.1, 0.15) is 24.4 Å². The highest BCUT2D eigenvalue weighted by molar-refractivity contribution is 6.30. The lowest BCUT2D eigenvalue weighted by Crippen LogP contribution is -2.60.